The molecule has 8 N–H and O–H groups in total. The third-order valence-electron chi connectivity index (χ3n) is 5.74. The van der Waals surface area contributed by atoms with Crippen molar-refractivity contribution in [3.63, 3.8) is 0 Å². The number of nitrogen functional groups attached to an aromatic ring is 4. The zero-order valence-electron chi connectivity index (χ0n) is 23.0. The molecule has 0 amide bonds. The van der Waals surface area contributed by atoms with E-state index in [0.717, 1.165) is 9.79 Å². The van der Waals surface area contributed by atoms with Crippen molar-refractivity contribution in [2.75, 3.05) is 22.9 Å². The maximum atomic E-state index is 5.91. The van der Waals surface area contributed by atoms with Crippen molar-refractivity contribution >= 4 is 69.6 Å². The van der Waals surface area contributed by atoms with Gasteiger partial charge in [-0.3, -0.25) is 0 Å². The second-order valence-corrected chi connectivity index (χ2v) is 13.0. The van der Waals surface area contributed by atoms with Crippen molar-refractivity contribution < 1.29 is 0 Å². The van der Waals surface area contributed by atoms with Crippen molar-refractivity contribution in [1.29, 1.82) is 0 Å². The summed E-state index contributed by atoms with van der Waals surface area (Å²) in [6, 6.07) is 10.9. The van der Waals surface area contributed by atoms with Crippen molar-refractivity contribution in [3.05, 3.63) is 68.5 Å². The molecule has 0 atom stereocenters. The van der Waals surface area contributed by atoms with Gasteiger partial charge in [0.05, 0.1) is 9.79 Å². The van der Waals surface area contributed by atoms with Crippen molar-refractivity contribution in [2.45, 2.75) is 73.0 Å². The molecule has 0 saturated heterocycles. The van der Waals surface area contributed by atoms with Crippen molar-refractivity contribution in [1.82, 2.24) is 19.9 Å². The summed E-state index contributed by atoms with van der Waals surface area (Å²) in [7, 11) is 0. The van der Waals surface area contributed by atoms with Gasteiger partial charge in [-0.1, -0.05) is 75.0 Å². The molecule has 0 radical (unpaired) electrons. The van der Waals surface area contributed by atoms with E-state index in [9.17, 15) is 0 Å². The van der Waals surface area contributed by atoms with Crippen molar-refractivity contribution in [3.8, 4) is 0 Å². The monoisotopic (exact) mass is 674 g/mol. The Labute approximate surface area is 252 Å². The predicted molar refractivity (Wildman–Crippen MR) is 173 cm³/mol. The number of hydrogen-bond donors (Lipinski definition) is 4. The summed E-state index contributed by atoms with van der Waals surface area (Å²) in [6.07, 6.45) is 3.35. The molecule has 206 valence electrons. The number of halogens is 1. The highest BCUT2D eigenvalue weighted by Gasteiger charge is 2.14. The molecule has 0 aliphatic heterocycles. The van der Waals surface area contributed by atoms with E-state index in [0.29, 0.717) is 23.5 Å². The van der Waals surface area contributed by atoms with E-state index in [2.05, 4.69) is 114 Å². The summed E-state index contributed by atoms with van der Waals surface area (Å²) in [6.45, 7) is 13.0. The molecule has 2 heterocycles. The minimum Gasteiger partial charge on any atom is -0.383 e. The number of aromatic nitrogens is 4. The Bertz CT molecular complexity index is 1460. The molecule has 11 heteroatoms. The van der Waals surface area contributed by atoms with Gasteiger partial charge >= 0.3 is 0 Å². The minimum atomic E-state index is 0.203. The highest BCUT2D eigenvalue weighted by Crippen LogP contribution is 2.38. The average Bonchev–Trinajstić information content (AvgIpc) is 2.85. The Morgan fingerprint density at radius 3 is 1.64 bits per heavy atom. The molecule has 0 aliphatic rings. The lowest BCUT2D eigenvalue weighted by molar-refractivity contribution is 0.839. The van der Waals surface area contributed by atoms with Crippen molar-refractivity contribution in [2.24, 2.45) is 0 Å². The van der Waals surface area contributed by atoms with Crippen LogP contribution in [-0.4, -0.2) is 19.9 Å². The Balaban J connectivity index is 0.000000216. The normalized spacial score (nSPS) is 11.0. The quantitative estimate of drug-likeness (QED) is 0.156. The van der Waals surface area contributed by atoms with Crippen LogP contribution in [0, 0.1) is 17.4 Å². The molecule has 4 rings (SSSR count). The minimum absolute atomic E-state index is 0.203. The first-order valence-corrected chi connectivity index (χ1v) is 15.1. The highest BCUT2D eigenvalue weighted by molar-refractivity contribution is 14.1. The van der Waals surface area contributed by atoms with Crippen LogP contribution in [0.2, 0.25) is 0 Å². The van der Waals surface area contributed by atoms with E-state index in [-0.39, 0.29) is 11.9 Å². The number of benzene rings is 2. The van der Waals surface area contributed by atoms with Crippen LogP contribution in [0.25, 0.3) is 0 Å². The molecule has 0 bridgehead atoms. The molecular formula is C28H35IN8S2. The average molecular weight is 675 g/mol. The van der Waals surface area contributed by atoms with Gasteiger partial charge in [-0.2, -0.15) is 9.97 Å². The summed E-state index contributed by atoms with van der Waals surface area (Å²) in [5.74, 6) is 2.16. The zero-order valence-corrected chi connectivity index (χ0v) is 26.8. The largest absolute Gasteiger partial charge is 0.383 e. The Morgan fingerprint density at radius 1 is 0.667 bits per heavy atom. The number of hydrogen-bond acceptors (Lipinski definition) is 10. The Hall–Kier alpha value is -2.77. The predicted octanol–water partition coefficient (Wildman–Crippen LogP) is 7.05. The molecule has 0 unspecified atom stereocenters. The Morgan fingerprint density at radius 2 is 1.15 bits per heavy atom. The first kappa shape index (κ1) is 30.8. The lowest BCUT2D eigenvalue weighted by atomic mass is 10.0. The first-order valence-electron chi connectivity index (χ1n) is 12.4. The van der Waals surface area contributed by atoms with Crippen LogP contribution >= 0.6 is 46.1 Å². The van der Waals surface area contributed by atoms with Gasteiger partial charge in [0.1, 0.15) is 11.6 Å². The number of nitrogens with two attached hydrogens (primary N) is 4. The third kappa shape index (κ3) is 8.36. The summed E-state index contributed by atoms with van der Waals surface area (Å²) in [5.41, 5.74) is 28.0. The molecule has 0 spiro atoms. The van der Waals surface area contributed by atoms with Gasteiger partial charge in [-0.15, -0.1) is 0 Å². The molecule has 2 aromatic heterocycles. The second kappa shape index (κ2) is 13.5. The van der Waals surface area contributed by atoms with E-state index in [4.69, 9.17) is 22.9 Å². The molecule has 0 fully saturated rings. The van der Waals surface area contributed by atoms with Gasteiger partial charge in [0, 0.05) is 25.8 Å². The van der Waals surface area contributed by atoms with Gasteiger partial charge in [0.2, 0.25) is 11.9 Å². The fraction of sp³-hybridized carbons (Fsp3) is 0.286. The standard InChI is InChI=1S/C14H17IN4S.C14H18N4S/c1-7(2)9-4-8(3)10(15)5-11(9)20-12-6-18-14(17)19-13(12)16;1-8(2)10-6-9(3)4-5-11(10)19-12-7-17-14(16)18-13(12)15/h4-7H,1-3H3,(H4,16,17,18,19);4-8H,1-3H3,(H4,15,16,17,18). The van der Waals surface area contributed by atoms with Gasteiger partial charge < -0.3 is 22.9 Å². The van der Waals surface area contributed by atoms with Crippen LogP contribution in [0.4, 0.5) is 23.5 Å². The maximum absolute atomic E-state index is 5.91. The number of rotatable bonds is 6. The molecule has 2 aromatic carbocycles. The van der Waals surface area contributed by atoms with Crippen LogP contribution in [0.3, 0.4) is 0 Å². The molecule has 39 heavy (non-hydrogen) atoms. The van der Waals surface area contributed by atoms with E-state index in [1.807, 2.05) is 0 Å². The molecule has 4 aromatic rings. The van der Waals surface area contributed by atoms with E-state index >= 15 is 0 Å². The van der Waals surface area contributed by atoms with Gasteiger partial charge in [0.15, 0.2) is 0 Å². The second-order valence-electron chi connectivity index (χ2n) is 9.65. The van der Waals surface area contributed by atoms with Gasteiger partial charge in [0.25, 0.3) is 0 Å². The molecular weight excluding hydrogens is 639 g/mol. The topological polar surface area (TPSA) is 156 Å². The highest BCUT2D eigenvalue weighted by atomic mass is 127. The molecule has 8 nitrogen and oxygen atoms in total. The smallest absolute Gasteiger partial charge is 0.221 e. The molecule has 0 saturated carbocycles. The Kier molecular flexibility index (Phi) is 10.7. The van der Waals surface area contributed by atoms with Crippen LogP contribution in [0.5, 0.6) is 0 Å². The third-order valence-corrected chi connectivity index (χ3v) is 9.14. The maximum Gasteiger partial charge on any atom is 0.221 e. The van der Waals surface area contributed by atoms with Gasteiger partial charge in [-0.05, 0) is 77.1 Å². The number of anilines is 4. The van der Waals surface area contributed by atoms with Crippen LogP contribution < -0.4 is 22.9 Å². The lowest BCUT2D eigenvalue weighted by Crippen LogP contribution is -2.01. The summed E-state index contributed by atoms with van der Waals surface area (Å²) >= 11 is 5.52. The van der Waals surface area contributed by atoms with Crippen LogP contribution in [0.1, 0.15) is 61.8 Å². The van der Waals surface area contributed by atoms with Crippen LogP contribution in [0.15, 0.2) is 62.3 Å². The molecule has 0 aliphatic carbocycles. The lowest BCUT2D eigenvalue weighted by Gasteiger charge is -2.15. The van der Waals surface area contributed by atoms with E-state index < -0.39 is 0 Å². The van der Waals surface area contributed by atoms with Crippen LogP contribution in [-0.2, 0) is 0 Å². The van der Waals surface area contributed by atoms with Gasteiger partial charge in [-0.25, -0.2) is 9.97 Å². The first-order chi connectivity index (χ1) is 18.3. The zero-order chi connectivity index (χ0) is 28.9. The van der Waals surface area contributed by atoms with E-state index in [1.54, 1.807) is 35.9 Å². The summed E-state index contributed by atoms with van der Waals surface area (Å²) in [5, 5.41) is 0. The SMILES string of the molecule is Cc1cc(C(C)C)c(Sc2cnc(N)nc2N)cc1I.Cc1ccc(Sc2cnc(N)nc2N)c(C(C)C)c1. The number of nitrogens with zero attached hydrogens (tertiary/aromatic N) is 4. The fourth-order valence-corrected chi connectivity index (χ4v) is 6.43. The number of aryl methyl sites for hydroxylation is 2. The van der Waals surface area contributed by atoms with E-state index in [1.165, 1.54) is 35.6 Å². The fourth-order valence-electron chi connectivity index (χ4n) is 3.63. The summed E-state index contributed by atoms with van der Waals surface area (Å²) < 4.78 is 1.24. The summed E-state index contributed by atoms with van der Waals surface area (Å²) in [4.78, 5) is 20.0.